The van der Waals surface area contributed by atoms with Gasteiger partial charge in [-0.05, 0) is 32.0 Å². The lowest BCUT2D eigenvalue weighted by molar-refractivity contribution is -0.116. The van der Waals surface area contributed by atoms with E-state index in [1.165, 1.54) is 0 Å². The molecule has 0 atom stereocenters. The van der Waals surface area contributed by atoms with Gasteiger partial charge in [0.05, 0.1) is 10.7 Å². The van der Waals surface area contributed by atoms with Crippen LogP contribution in [-0.4, -0.2) is 42.5 Å². The third-order valence-electron chi connectivity index (χ3n) is 3.78. The van der Waals surface area contributed by atoms with E-state index in [0.717, 1.165) is 26.2 Å². The van der Waals surface area contributed by atoms with Crippen molar-refractivity contribution in [1.82, 2.24) is 10.2 Å². The fourth-order valence-corrected chi connectivity index (χ4v) is 2.82. The SMILES string of the molecule is CC1(C)CNCCN1CCC(=O)Nc1cc(Cl)ccc1Cl. The van der Waals surface area contributed by atoms with Gasteiger partial charge in [0.25, 0.3) is 0 Å². The zero-order chi connectivity index (χ0) is 15.5. The predicted molar refractivity (Wildman–Crippen MR) is 88.2 cm³/mol. The Balaban J connectivity index is 1.89. The lowest BCUT2D eigenvalue weighted by atomic mass is 10.00. The molecular weight excluding hydrogens is 309 g/mol. The molecule has 1 heterocycles. The van der Waals surface area contributed by atoms with Gasteiger partial charge in [0, 0.05) is 43.2 Å². The molecule has 1 aliphatic heterocycles. The van der Waals surface area contributed by atoms with Gasteiger partial charge >= 0.3 is 0 Å². The Kier molecular flexibility index (Phi) is 5.49. The molecule has 21 heavy (non-hydrogen) atoms. The molecule has 0 saturated carbocycles. The van der Waals surface area contributed by atoms with Crippen LogP contribution in [0.4, 0.5) is 5.69 Å². The first-order valence-electron chi connectivity index (χ1n) is 7.09. The highest BCUT2D eigenvalue weighted by Crippen LogP contribution is 2.25. The molecule has 1 aromatic rings. The molecule has 1 aliphatic rings. The van der Waals surface area contributed by atoms with Crippen molar-refractivity contribution in [2.45, 2.75) is 25.8 Å². The van der Waals surface area contributed by atoms with Crippen LogP contribution in [0.15, 0.2) is 18.2 Å². The second kappa shape index (κ2) is 6.97. The van der Waals surface area contributed by atoms with Gasteiger partial charge in [0.15, 0.2) is 0 Å². The average Bonchev–Trinajstić information content (AvgIpc) is 2.41. The summed E-state index contributed by atoms with van der Waals surface area (Å²) in [4.78, 5) is 14.4. The van der Waals surface area contributed by atoms with Crippen molar-refractivity contribution in [2.24, 2.45) is 0 Å². The van der Waals surface area contributed by atoms with Crippen LogP contribution in [0.5, 0.6) is 0 Å². The van der Waals surface area contributed by atoms with Crippen molar-refractivity contribution < 1.29 is 4.79 Å². The Morgan fingerprint density at radius 2 is 2.19 bits per heavy atom. The number of amides is 1. The van der Waals surface area contributed by atoms with E-state index in [4.69, 9.17) is 23.2 Å². The Morgan fingerprint density at radius 3 is 2.90 bits per heavy atom. The number of nitrogens with one attached hydrogen (secondary N) is 2. The number of piperazine rings is 1. The minimum absolute atomic E-state index is 0.0477. The van der Waals surface area contributed by atoms with Gasteiger partial charge in [0.2, 0.25) is 5.91 Å². The van der Waals surface area contributed by atoms with Crippen LogP contribution in [0.25, 0.3) is 0 Å². The van der Waals surface area contributed by atoms with Gasteiger partial charge < -0.3 is 10.6 Å². The monoisotopic (exact) mass is 329 g/mol. The zero-order valence-corrected chi connectivity index (χ0v) is 13.9. The highest BCUT2D eigenvalue weighted by molar-refractivity contribution is 6.35. The van der Waals surface area contributed by atoms with Gasteiger partial charge in [-0.2, -0.15) is 0 Å². The number of nitrogens with zero attached hydrogens (tertiary/aromatic N) is 1. The van der Waals surface area contributed by atoms with Crippen LogP contribution < -0.4 is 10.6 Å². The van der Waals surface area contributed by atoms with E-state index < -0.39 is 0 Å². The molecule has 4 nitrogen and oxygen atoms in total. The standard InChI is InChI=1S/C15H21Cl2N3O/c1-15(2)10-18-6-8-20(15)7-5-14(21)19-13-9-11(16)3-4-12(13)17/h3-4,9,18H,5-8,10H2,1-2H3,(H,19,21). The number of carbonyl (C=O) groups is 1. The van der Waals surface area contributed by atoms with Crippen LogP contribution >= 0.6 is 23.2 Å². The molecule has 0 aliphatic carbocycles. The molecule has 0 unspecified atom stereocenters. The molecule has 0 spiro atoms. The zero-order valence-electron chi connectivity index (χ0n) is 12.4. The first kappa shape index (κ1) is 16.6. The topological polar surface area (TPSA) is 44.4 Å². The third kappa shape index (κ3) is 4.58. The van der Waals surface area contributed by atoms with Crippen LogP contribution in [0.3, 0.4) is 0 Å². The number of benzene rings is 1. The van der Waals surface area contributed by atoms with E-state index in [1.807, 2.05) is 0 Å². The van der Waals surface area contributed by atoms with E-state index in [1.54, 1.807) is 18.2 Å². The minimum atomic E-state index is -0.0477. The normalized spacial score (nSPS) is 18.5. The summed E-state index contributed by atoms with van der Waals surface area (Å²) in [5, 5.41) is 7.24. The number of carbonyl (C=O) groups excluding carboxylic acids is 1. The molecule has 0 bridgehead atoms. The van der Waals surface area contributed by atoms with E-state index in [-0.39, 0.29) is 11.4 Å². The molecule has 2 rings (SSSR count). The Bertz CT molecular complexity index is 520. The summed E-state index contributed by atoms with van der Waals surface area (Å²) in [6.45, 7) is 7.96. The number of anilines is 1. The fraction of sp³-hybridized carbons (Fsp3) is 0.533. The van der Waals surface area contributed by atoms with Crippen LogP contribution in [0, 0.1) is 0 Å². The lowest BCUT2D eigenvalue weighted by Crippen LogP contribution is -2.58. The van der Waals surface area contributed by atoms with Crippen molar-refractivity contribution in [3.05, 3.63) is 28.2 Å². The van der Waals surface area contributed by atoms with E-state index in [9.17, 15) is 4.79 Å². The molecule has 1 saturated heterocycles. The molecule has 1 aromatic carbocycles. The molecule has 2 N–H and O–H groups in total. The van der Waals surface area contributed by atoms with Crippen molar-refractivity contribution in [1.29, 1.82) is 0 Å². The summed E-state index contributed by atoms with van der Waals surface area (Å²) in [6.07, 6.45) is 0.437. The average molecular weight is 330 g/mol. The summed E-state index contributed by atoms with van der Waals surface area (Å²) >= 11 is 12.0. The quantitative estimate of drug-likeness (QED) is 0.892. The van der Waals surface area contributed by atoms with E-state index in [2.05, 4.69) is 29.4 Å². The van der Waals surface area contributed by atoms with Crippen molar-refractivity contribution in [3.8, 4) is 0 Å². The van der Waals surface area contributed by atoms with E-state index in [0.29, 0.717) is 22.2 Å². The number of rotatable bonds is 4. The molecular formula is C15H21Cl2N3O. The first-order chi connectivity index (χ1) is 9.88. The molecule has 6 heteroatoms. The summed E-state index contributed by atoms with van der Waals surface area (Å²) in [6, 6.07) is 5.04. The minimum Gasteiger partial charge on any atom is -0.325 e. The molecule has 1 fully saturated rings. The summed E-state index contributed by atoms with van der Waals surface area (Å²) in [5.74, 6) is -0.0477. The maximum atomic E-state index is 12.1. The van der Waals surface area contributed by atoms with Crippen molar-refractivity contribution >= 4 is 34.8 Å². The Labute approximate surface area is 135 Å². The Hall–Kier alpha value is -0.810. The maximum absolute atomic E-state index is 12.1. The second-order valence-electron chi connectivity index (χ2n) is 5.90. The smallest absolute Gasteiger partial charge is 0.225 e. The molecule has 1 amide bonds. The van der Waals surface area contributed by atoms with Crippen molar-refractivity contribution in [2.75, 3.05) is 31.5 Å². The first-order valence-corrected chi connectivity index (χ1v) is 7.85. The number of halogens is 2. The van der Waals surface area contributed by atoms with Gasteiger partial charge in [0.1, 0.15) is 0 Å². The number of hydrogen-bond donors (Lipinski definition) is 2. The summed E-state index contributed by atoms with van der Waals surface area (Å²) < 4.78 is 0. The van der Waals surface area contributed by atoms with Crippen molar-refractivity contribution in [3.63, 3.8) is 0 Å². The predicted octanol–water partition coefficient (Wildman–Crippen LogP) is 3.01. The fourth-order valence-electron chi connectivity index (χ4n) is 2.48. The van der Waals surface area contributed by atoms with Gasteiger partial charge in [-0.25, -0.2) is 0 Å². The van der Waals surface area contributed by atoms with E-state index >= 15 is 0 Å². The Morgan fingerprint density at radius 1 is 1.43 bits per heavy atom. The molecule has 0 aromatic heterocycles. The largest absolute Gasteiger partial charge is 0.325 e. The summed E-state index contributed by atoms with van der Waals surface area (Å²) in [5.41, 5.74) is 0.639. The second-order valence-corrected chi connectivity index (χ2v) is 6.74. The van der Waals surface area contributed by atoms with Gasteiger partial charge in [-0.3, -0.25) is 9.69 Å². The van der Waals surface area contributed by atoms with Gasteiger partial charge in [-0.15, -0.1) is 0 Å². The highest BCUT2D eigenvalue weighted by Gasteiger charge is 2.29. The third-order valence-corrected chi connectivity index (χ3v) is 4.35. The summed E-state index contributed by atoms with van der Waals surface area (Å²) in [7, 11) is 0. The van der Waals surface area contributed by atoms with Gasteiger partial charge in [-0.1, -0.05) is 23.2 Å². The molecule has 116 valence electrons. The maximum Gasteiger partial charge on any atom is 0.225 e. The molecule has 0 radical (unpaired) electrons. The van der Waals surface area contributed by atoms with Crippen LogP contribution in [0.1, 0.15) is 20.3 Å². The van der Waals surface area contributed by atoms with Crippen LogP contribution in [-0.2, 0) is 4.79 Å². The lowest BCUT2D eigenvalue weighted by Gasteiger charge is -2.42. The number of hydrogen-bond acceptors (Lipinski definition) is 3. The van der Waals surface area contributed by atoms with Crippen LogP contribution in [0.2, 0.25) is 10.0 Å². The highest BCUT2D eigenvalue weighted by atomic mass is 35.5.